The number of pyridine rings is 1. The number of hydrogen-bond acceptors (Lipinski definition) is 9. The van der Waals surface area contributed by atoms with Crippen LogP contribution in [0.15, 0.2) is 30.9 Å². The first-order chi connectivity index (χ1) is 12.1. The maximum Gasteiger partial charge on any atom is 0.355 e. The molecule has 132 valence electrons. The van der Waals surface area contributed by atoms with Gasteiger partial charge in [-0.2, -0.15) is 0 Å². The molecule has 0 atom stereocenters. The largest absolute Gasteiger partial charge is 0.395 e. The van der Waals surface area contributed by atoms with Crippen LogP contribution in [0.5, 0.6) is 0 Å². The number of rotatable bonds is 8. The van der Waals surface area contributed by atoms with E-state index >= 15 is 0 Å². The molecule has 0 radical (unpaired) electrons. The van der Waals surface area contributed by atoms with Gasteiger partial charge in [-0.05, 0) is 19.1 Å². The third kappa shape index (κ3) is 4.35. The van der Waals surface area contributed by atoms with Crippen molar-refractivity contribution >= 4 is 23.2 Å². The lowest BCUT2D eigenvalue weighted by Gasteiger charge is -2.20. The van der Waals surface area contributed by atoms with Crippen LogP contribution in [0, 0.1) is 10.1 Å². The van der Waals surface area contributed by atoms with Crippen LogP contribution < -0.4 is 15.8 Å². The SMILES string of the molecule is CCN(CCO)c1ncnc(NNC(=O)c2cccnc2)c1[N+](=O)[O-]. The molecule has 0 unspecified atom stereocenters. The maximum absolute atomic E-state index is 12.0. The molecule has 11 heteroatoms. The van der Waals surface area contributed by atoms with E-state index in [0.29, 0.717) is 6.54 Å². The van der Waals surface area contributed by atoms with E-state index < -0.39 is 16.5 Å². The lowest BCUT2D eigenvalue weighted by Crippen LogP contribution is -2.32. The Morgan fingerprint density at radius 2 is 2.24 bits per heavy atom. The van der Waals surface area contributed by atoms with Crippen molar-refractivity contribution in [3.8, 4) is 0 Å². The Hall–Kier alpha value is -3.34. The summed E-state index contributed by atoms with van der Waals surface area (Å²) in [5.41, 5.74) is 4.66. The molecule has 0 aromatic carbocycles. The zero-order valence-electron chi connectivity index (χ0n) is 13.4. The Kier molecular flexibility index (Phi) is 6.12. The van der Waals surface area contributed by atoms with Gasteiger partial charge in [-0.15, -0.1) is 0 Å². The Morgan fingerprint density at radius 3 is 2.84 bits per heavy atom. The zero-order chi connectivity index (χ0) is 18.2. The molecule has 0 aliphatic rings. The van der Waals surface area contributed by atoms with Crippen molar-refractivity contribution in [3.63, 3.8) is 0 Å². The lowest BCUT2D eigenvalue weighted by molar-refractivity contribution is -0.383. The van der Waals surface area contributed by atoms with Gasteiger partial charge in [0.05, 0.1) is 17.1 Å². The van der Waals surface area contributed by atoms with Gasteiger partial charge in [-0.25, -0.2) is 9.97 Å². The van der Waals surface area contributed by atoms with Crippen molar-refractivity contribution in [1.29, 1.82) is 0 Å². The van der Waals surface area contributed by atoms with Crippen LogP contribution in [-0.2, 0) is 0 Å². The first kappa shape index (κ1) is 18.0. The summed E-state index contributed by atoms with van der Waals surface area (Å²) in [5, 5.41) is 20.6. The molecular formula is C14H17N7O4. The molecule has 11 nitrogen and oxygen atoms in total. The van der Waals surface area contributed by atoms with Crippen molar-refractivity contribution in [3.05, 3.63) is 46.5 Å². The van der Waals surface area contributed by atoms with Crippen molar-refractivity contribution in [2.24, 2.45) is 0 Å². The van der Waals surface area contributed by atoms with Crippen LogP contribution in [0.4, 0.5) is 17.3 Å². The standard InChI is InChI=1S/C14H17N7O4/c1-2-20(6-7-22)13-11(21(24)25)12(16-9-17-13)18-19-14(23)10-4-3-5-15-8-10/h3-5,8-9,22H,2,6-7H2,1H3,(H,19,23)(H,16,17,18). The summed E-state index contributed by atoms with van der Waals surface area (Å²) in [5.74, 6) is -0.636. The number of anilines is 2. The molecule has 2 heterocycles. The average molecular weight is 347 g/mol. The molecule has 2 aromatic heterocycles. The summed E-state index contributed by atoms with van der Waals surface area (Å²) in [7, 11) is 0. The van der Waals surface area contributed by atoms with E-state index in [-0.39, 0.29) is 30.4 Å². The first-order valence-corrected chi connectivity index (χ1v) is 7.40. The first-order valence-electron chi connectivity index (χ1n) is 7.40. The Morgan fingerprint density at radius 1 is 1.44 bits per heavy atom. The fourth-order valence-electron chi connectivity index (χ4n) is 2.08. The molecule has 0 saturated carbocycles. The van der Waals surface area contributed by atoms with Gasteiger partial charge < -0.3 is 10.0 Å². The van der Waals surface area contributed by atoms with Gasteiger partial charge in [-0.1, -0.05) is 0 Å². The van der Waals surface area contributed by atoms with E-state index in [2.05, 4.69) is 25.8 Å². The fraction of sp³-hybridized carbons (Fsp3) is 0.286. The number of hydrogen-bond donors (Lipinski definition) is 3. The monoisotopic (exact) mass is 347 g/mol. The minimum atomic E-state index is -0.645. The number of aromatic nitrogens is 3. The Bertz CT molecular complexity index is 741. The van der Waals surface area contributed by atoms with E-state index in [1.165, 1.54) is 17.3 Å². The van der Waals surface area contributed by atoms with Gasteiger partial charge in [0, 0.05) is 25.5 Å². The number of carbonyl (C=O) groups is 1. The van der Waals surface area contributed by atoms with Crippen LogP contribution in [-0.4, -0.2) is 50.6 Å². The Labute approximate surface area is 142 Å². The summed E-state index contributed by atoms with van der Waals surface area (Å²) < 4.78 is 0. The predicted octanol–water partition coefficient (Wildman–Crippen LogP) is 0.355. The van der Waals surface area contributed by atoms with Crippen molar-refractivity contribution in [1.82, 2.24) is 20.4 Å². The molecule has 0 spiro atoms. The third-order valence-electron chi connectivity index (χ3n) is 3.25. The van der Waals surface area contributed by atoms with Crippen molar-refractivity contribution in [2.45, 2.75) is 6.92 Å². The quantitative estimate of drug-likeness (QED) is 0.454. The highest BCUT2D eigenvalue weighted by Gasteiger charge is 2.26. The highest BCUT2D eigenvalue weighted by atomic mass is 16.6. The molecule has 2 aromatic rings. The predicted molar refractivity (Wildman–Crippen MR) is 89.0 cm³/mol. The number of nitrogens with one attached hydrogen (secondary N) is 2. The minimum absolute atomic E-state index is 0.0506. The summed E-state index contributed by atoms with van der Waals surface area (Å²) in [6.45, 7) is 2.17. The molecule has 0 aliphatic carbocycles. The topological polar surface area (TPSA) is 146 Å². The van der Waals surface area contributed by atoms with E-state index in [1.807, 2.05) is 0 Å². The number of likely N-dealkylation sites (N-methyl/N-ethyl adjacent to an activating group) is 1. The van der Waals surface area contributed by atoms with Gasteiger partial charge in [0.2, 0.25) is 11.6 Å². The Balaban J connectivity index is 2.25. The molecule has 2 rings (SSSR count). The van der Waals surface area contributed by atoms with Crippen molar-refractivity contribution < 1.29 is 14.8 Å². The highest BCUT2D eigenvalue weighted by Crippen LogP contribution is 2.31. The third-order valence-corrected chi connectivity index (χ3v) is 3.25. The smallest absolute Gasteiger partial charge is 0.355 e. The average Bonchev–Trinajstić information content (AvgIpc) is 2.64. The van der Waals surface area contributed by atoms with Gasteiger partial charge in [0.15, 0.2) is 0 Å². The number of nitro groups is 1. The van der Waals surface area contributed by atoms with E-state index in [0.717, 1.165) is 6.33 Å². The van der Waals surface area contributed by atoms with Crippen LogP contribution in [0.2, 0.25) is 0 Å². The number of nitrogens with zero attached hydrogens (tertiary/aromatic N) is 5. The molecule has 0 saturated heterocycles. The number of amides is 1. The van der Waals surface area contributed by atoms with E-state index in [9.17, 15) is 14.9 Å². The van der Waals surface area contributed by atoms with Crippen LogP contribution >= 0.6 is 0 Å². The molecule has 0 fully saturated rings. The fourth-order valence-corrected chi connectivity index (χ4v) is 2.08. The van der Waals surface area contributed by atoms with Gasteiger partial charge in [0.1, 0.15) is 6.33 Å². The number of aliphatic hydroxyl groups excluding tert-OH is 1. The normalized spacial score (nSPS) is 10.2. The minimum Gasteiger partial charge on any atom is -0.395 e. The number of aliphatic hydroxyl groups is 1. The number of carbonyl (C=O) groups excluding carboxylic acids is 1. The summed E-state index contributed by atoms with van der Waals surface area (Å²) >= 11 is 0. The van der Waals surface area contributed by atoms with E-state index in [4.69, 9.17) is 5.11 Å². The molecular weight excluding hydrogens is 330 g/mol. The lowest BCUT2D eigenvalue weighted by atomic mass is 10.3. The summed E-state index contributed by atoms with van der Waals surface area (Å²) in [6, 6.07) is 3.14. The maximum atomic E-state index is 12.0. The van der Waals surface area contributed by atoms with Gasteiger partial charge in [0.25, 0.3) is 5.91 Å². The van der Waals surface area contributed by atoms with Crippen LogP contribution in [0.25, 0.3) is 0 Å². The molecule has 25 heavy (non-hydrogen) atoms. The van der Waals surface area contributed by atoms with Gasteiger partial charge >= 0.3 is 5.69 Å². The second-order valence-electron chi connectivity index (χ2n) is 4.78. The van der Waals surface area contributed by atoms with Crippen LogP contribution in [0.3, 0.4) is 0 Å². The molecule has 0 bridgehead atoms. The zero-order valence-corrected chi connectivity index (χ0v) is 13.4. The molecule has 3 N–H and O–H groups in total. The highest BCUT2D eigenvalue weighted by molar-refractivity contribution is 5.94. The van der Waals surface area contributed by atoms with Crippen LogP contribution in [0.1, 0.15) is 17.3 Å². The second-order valence-corrected chi connectivity index (χ2v) is 4.78. The van der Waals surface area contributed by atoms with Gasteiger partial charge in [-0.3, -0.25) is 30.7 Å². The summed E-state index contributed by atoms with van der Waals surface area (Å²) in [4.78, 5) is 35.9. The van der Waals surface area contributed by atoms with E-state index in [1.54, 1.807) is 19.1 Å². The second kappa shape index (κ2) is 8.49. The molecule has 0 aliphatic heterocycles. The van der Waals surface area contributed by atoms with Crippen molar-refractivity contribution in [2.75, 3.05) is 30.0 Å². The summed E-state index contributed by atoms with van der Waals surface area (Å²) in [6.07, 6.45) is 4.02. The number of hydrazine groups is 1. The molecule has 1 amide bonds.